The molecular weight excluding hydrogens is 675 g/mol. The van der Waals surface area contributed by atoms with Crippen molar-refractivity contribution in [2.45, 2.75) is 19.3 Å². The van der Waals surface area contributed by atoms with Crippen molar-refractivity contribution in [2.24, 2.45) is 0 Å². The topological polar surface area (TPSA) is 3.24 Å². The van der Waals surface area contributed by atoms with Crippen molar-refractivity contribution < 1.29 is 0 Å². The van der Waals surface area contributed by atoms with Crippen LogP contribution in [-0.4, -0.2) is 0 Å². The zero-order valence-corrected chi connectivity index (χ0v) is 31.7. The Balaban J connectivity index is 1.24. The molecule has 0 aromatic heterocycles. The Hall–Kier alpha value is -6.96. The smallest absolute Gasteiger partial charge is 0.0540 e. The monoisotopic (exact) mass is 715 g/mol. The predicted molar refractivity (Wildman–Crippen MR) is 238 cm³/mol. The minimum absolute atomic E-state index is 0.101. The van der Waals surface area contributed by atoms with Crippen LogP contribution in [0, 0.1) is 0 Å². The summed E-state index contributed by atoms with van der Waals surface area (Å²) in [6, 6.07) is 77.6. The van der Waals surface area contributed by atoms with Gasteiger partial charge >= 0.3 is 0 Å². The van der Waals surface area contributed by atoms with Gasteiger partial charge in [0.05, 0.1) is 17.1 Å². The van der Waals surface area contributed by atoms with Crippen molar-refractivity contribution in [1.82, 2.24) is 0 Å². The van der Waals surface area contributed by atoms with Gasteiger partial charge in [0.2, 0.25) is 0 Å². The molecular formula is C55H41N. The lowest BCUT2D eigenvalue weighted by Crippen LogP contribution is -2.15. The number of benzene rings is 9. The summed E-state index contributed by atoms with van der Waals surface area (Å²) < 4.78 is 0. The SMILES string of the molecule is CC1(C)c2ccccc2-c2c(-c3ccccc3N(c3ccccc3-c3ccc(-c4ccccc4)cc3)c3ccccc3-c3cccc4ccccc34)cccc21. The summed E-state index contributed by atoms with van der Waals surface area (Å²) in [7, 11) is 0. The average molecular weight is 716 g/mol. The van der Waals surface area contributed by atoms with Crippen LogP contribution in [0.4, 0.5) is 17.1 Å². The third-order valence-corrected chi connectivity index (χ3v) is 11.7. The van der Waals surface area contributed by atoms with E-state index in [0.717, 1.165) is 17.1 Å². The molecule has 0 radical (unpaired) electrons. The van der Waals surface area contributed by atoms with E-state index in [1.54, 1.807) is 0 Å². The van der Waals surface area contributed by atoms with Gasteiger partial charge in [-0.15, -0.1) is 0 Å². The summed E-state index contributed by atoms with van der Waals surface area (Å²) in [5.41, 5.74) is 18.2. The molecule has 0 bridgehead atoms. The van der Waals surface area contributed by atoms with Crippen LogP contribution in [0.25, 0.3) is 66.4 Å². The van der Waals surface area contributed by atoms with Gasteiger partial charge in [0.25, 0.3) is 0 Å². The highest BCUT2D eigenvalue weighted by molar-refractivity contribution is 6.05. The Morgan fingerprint density at radius 1 is 0.304 bits per heavy atom. The van der Waals surface area contributed by atoms with E-state index in [-0.39, 0.29) is 5.41 Å². The normalized spacial score (nSPS) is 12.6. The first kappa shape index (κ1) is 33.6. The Kier molecular flexibility index (Phi) is 8.23. The highest BCUT2D eigenvalue weighted by Crippen LogP contribution is 2.55. The van der Waals surface area contributed by atoms with Gasteiger partial charge in [-0.1, -0.05) is 208 Å². The summed E-state index contributed by atoms with van der Waals surface area (Å²) >= 11 is 0. The standard InChI is InChI=1S/C55H41N/c1-55(2)49-29-12-8-26-48(49)54-47(28-17-30-50(54)55)46-25-11-15-33-53(46)56(52-32-14-10-24-45(52)44-27-16-21-40-20-6-7-22-42(40)44)51-31-13-9-23-43(51)41-36-34-39(35-37-41)38-18-4-3-5-19-38/h3-37H,1-2H3. The van der Waals surface area contributed by atoms with E-state index in [4.69, 9.17) is 0 Å². The van der Waals surface area contributed by atoms with Crippen LogP contribution in [0.2, 0.25) is 0 Å². The molecule has 0 amide bonds. The molecule has 0 atom stereocenters. The number of anilines is 3. The van der Waals surface area contributed by atoms with E-state index in [1.807, 2.05) is 0 Å². The summed E-state index contributed by atoms with van der Waals surface area (Å²) in [5.74, 6) is 0. The largest absolute Gasteiger partial charge is 0.309 e. The van der Waals surface area contributed by atoms with Gasteiger partial charge in [0.15, 0.2) is 0 Å². The zero-order valence-electron chi connectivity index (χ0n) is 31.7. The second-order valence-electron chi connectivity index (χ2n) is 15.3. The van der Waals surface area contributed by atoms with Crippen LogP contribution in [0.3, 0.4) is 0 Å². The second-order valence-corrected chi connectivity index (χ2v) is 15.3. The van der Waals surface area contributed by atoms with Gasteiger partial charge < -0.3 is 4.90 Å². The van der Waals surface area contributed by atoms with Crippen molar-refractivity contribution in [3.63, 3.8) is 0 Å². The van der Waals surface area contributed by atoms with Gasteiger partial charge in [-0.25, -0.2) is 0 Å². The molecule has 266 valence electrons. The molecule has 0 saturated heterocycles. The lowest BCUT2D eigenvalue weighted by Gasteiger charge is -2.32. The third kappa shape index (κ3) is 5.55. The first-order chi connectivity index (χ1) is 27.6. The van der Waals surface area contributed by atoms with Crippen LogP contribution in [-0.2, 0) is 5.41 Å². The molecule has 0 N–H and O–H groups in total. The number of hydrogen-bond acceptors (Lipinski definition) is 1. The van der Waals surface area contributed by atoms with Crippen molar-refractivity contribution >= 4 is 27.8 Å². The van der Waals surface area contributed by atoms with E-state index in [9.17, 15) is 0 Å². The Labute approximate surface area is 329 Å². The number of hydrogen-bond donors (Lipinski definition) is 0. The van der Waals surface area contributed by atoms with Crippen LogP contribution >= 0.6 is 0 Å². The Morgan fingerprint density at radius 3 is 1.48 bits per heavy atom. The average Bonchev–Trinajstić information content (AvgIpc) is 3.50. The molecule has 9 aromatic carbocycles. The molecule has 1 aliphatic rings. The van der Waals surface area contributed by atoms with Crippen LogP contribution in [0.15, 0.2) is 212 Å². The van der Waals surface area contributed by atoms with E-state index in [0.29, 0.717) is 0 Å². The van der Waals surface area contributed by atoms with E-state index in [2.05, 4.69) is 231 Å². The highest BCUT2D eigenvalue weighted by atomic mass is 15.1. The Morgan fingerprint density at radius 2 is 0.750 bits per heavy atom. The highest BCUT2D eigenvalue weighted by Gasteiger charge is 2.37. The number of rotatable bonds is 7. The van der Waals surface area contributed by atoms with Crippen molar-refractivity contribution in [2.75, 3.05) is 4.90 Å². The fraction of sp³-hybridized carbons (Fsp3) is 0.0545. The fourth-order valence-corrected chi connectivity index (χ4v) is 9.01. The Bertz CT molecular complexity index is 2880. The van der Waals surface area contributed by atoms with Crippen LogP contribution < -0.4 is 4.90 Å². The number of fused-ring (bicyclic) bond motifs is 4. The summed E-state index contributed by atoms with van der Waals surface area (Å²) in [5, 5.41) is 2.46. The molecule has 10 rings (SSSR count). The lowest BCUT2D eigenvalue weighted by atomic mass is 9.82. The summed E-state index contributed by atoms with van der Waals surface area (Å²) in [6.07, 6.45) is 0. The molecule has 9 aromatic rings. The molecule has 0 spiro atoms. The van der Waals surface area contributed by atoms with Crippen molar-refractivity contribution in [1.29, 1.82) is 0 Å². The van der Waals surface area contributed by atoms with E-state index in [1.165, 1.54) is 77.5 Å². The molecule has 0 unspecified atom stereocenters. The first-order valence-electron chi connectivity index (χ1n) is 19.5. The quantitative estimate of drug-likeness (QED) is 0.159. The zero-order chi connectivity index (χ0) is 37.6. The number of para-hydroxylation sites is 3. The third-order valence-electron chi connectivity index (χ3n) is 11.7. The molecule has 0 fully saturated rings. The minimum Gasteiger partial charge on any atom is -0.309 e. The van der Waals surface area contributed by atoms with E-state index >= 15 is 0 Å². The first-order valence-corrected chi connectivity index (χ1v) is 19.5. The molecule has 0 saturated carbocycles. The lowest BCUT2D eigenvalue weighted by molar-refractivity contribution is 0.660. The fourth-order valence-electron chi connectivity index (χ4n) is 9.01. The number of nitrogens with zero attached hydrogens (tertiary/aromatic N) is 1. The van der Waals surface area contributed by atoms with Crippen molar-refractivity contribution in [3.8, 4) is 55.6 Å². The maximum Gasteiger partial charge on any atom is 0.0540 e. The molecule has 0 heterocycles. The van der Waals surface area contributed by atoms with Crippen molar-refractivity contribution in [3.05, 3.63) is 223 Å². The molecule has 0 aliphatic heterocycles. The summed E-state index contributed by atoms with van der Waals surface area (Å²) in [6.45, 7) is 4.72. The molecule has 1 heteroatoms. The van der Waals surface area contributed by atoms with Crippen LogP contribution in [0.1, 0.15) is 25.0 Å². The maximum atomic E-state index is 2.51. The van der Waals surface area contributed by atoms with Gasteiger partial charge in [0, 0.05) is 22.1 Å². The van der Waals surface area contributed by atoms with Gasteiger partial charge in [-0.05, 0) is 79.0 Å². The minimum atomic E-state index is -0.101. The summed E-state index contributed by atoms with van der Waals surface area (Å²) in [4.78, 5) is 2.51. The second kappa shape index (κ2) is 13.7. The molecule has 1 nitrogen and oxygen atoms in total. The van der Waals surface area contributed by atoms with Crippen LogP contribution in [0.5, 0.6) is 0 Å². The van der Waals surface area contributed by atoms with E-state index < -0.39 is 0 Å². The maximum absolute atomic E-state index is 2.51. The molecule has 1 aliphatic carbocycles. The van der Waals surface area contributed by atoms with Gasteiger partial charge in [0.1, 0.15) is 0 Å². The molecule has 56 heavy (non-hydrogen) atoms. The van der Waals surface area contributed by atoms with Gasteiger partial charge in [-0.3, -0.25) is 0 Å². The predicted octanol–water partition coefficient (Wildman–Crippen LogP) is 15.3. The van der Waals surface area contributed by atoms with Gasteiger partial charge in [-0.2, -0.15) is 0 Å².